The largest absolute Gasteiger partial charge is 0.304 e. The van der Waals surface area contributed by atoms with Crippen LogP contribution < -0.4 is 0 Å². The third kappa shape index (κ3) is 3.31. The molecule has 0 saturated carbocycles. The Hall–Kier alpha value is -3.45. The van der Waals surface area contributed by atoms with Gasteiger partial charge in [-0.05, 0) is 44.7 Å². The molecule has 0 radical (unpaired) electrons. The van der Waals surface area contributed by atoms with E-state index < -0.39 is 0 Å². The second kappa shape index (κ2) is 7.35. The van der Waals surface area contributed by atoms with E-state index in [1.165, 1.54) is 33.2 Å². The average molecular weight is 402 g/mol. The third-order valence-corrected chi connectivity index (χ3v) is 6.31. The Labute approximate surface area is 184 Å². The highest BCUT2D eigenvalue weighted by Crippen LogP contribution is 2.48. The van der Waals surface area contributed by atoms with Crippen molar-refractivity contribution in [3.05, 3.63) is 119 Å². The van der Waals surface area contributed by atoms with E-state index in [1.807, 2.05) is 0 Å². The number of allylic oxidation sites excluding steroid dienone is 1. The maximum Gasteiger partial charge on any atom is 0.0448 e. The van der Waals surface area contributed by atoms with Crippen molar-refractivity contribution in [1.29, 1.82) is 5.41 Å². The van der Waals surface area contributed by atoms with Crippen molar-refractivity contribution < 1.29 is 0 Å². The lowest BCUT2D eigenvalue weighted by molar-refractivity contribution is 0.588. The minimum Gasteiger partial charge on any atom is -0.304 e. The van der Waals surface area contributed by atoms with E-state index in [9.17, 15) is 5.41 Å². The SMILES string of the molecule is CC(C)(C)C(=N)c1c(C2C(c3ccccc3)=Cc3ccccc32)ccc2ccccc12. The zero-order valence-electron chi connectivity index (χ0n) is 18.3. The molecule has 1 atom stereocenters. The van der Waals surface area contributed by atoms with Gasteiger partial charge in [0, 0.05) is 22.6 Å². The number of nitrogens with one attached hydrogen (secondary N) is 1. The molecule has 1 unspecified atom stereocenters. The highest BCUT2D eigenvalue weighted by atomic mass is 14.5. The van der Waals surface area contributed by atoms with Gasteiger partial charge in [-0.25, -0.2) is 0 Å². The van der Waals surface area contributed by atoms with Crippen LogP contribution in [0, 0.1) is 10.8 Å². The first-order chi connectivity index (χ1) is 14.9. The van der Waals surface area contributed by atoms with Gasteiger partial charge in [0.25, 0.3) is 0 Å². The molecule has 1 aliphatic rings. The summed E-state index contributed by atoms with van der Waals surface area (Å²) in [6.07, 6.45) is 2.33. The summed E-state index contributed by atoms with van der Waals surface area (Å²) >= 11 is 0. The Morgan fingerprint density at radius 2 is 1.39 bits per heavy atom. The lowest BCUT2D eigenvalue weighted by Gasteiger charge is -2.27. The van der Waals surface area contributed by atoms with Crippen LogP contribution in [0.25, 0.3) is 22.4 Å². The van der Waals surface area contributed by atoms with Crippen molar-refractivity contribution >= 4 is 28.1 Å². The number of hydrogen-bond donors (Lipinski definition) is 1. The van der Waals surface area contributed by atoms with Gasteiger partial charge < -0.3 is 5.41 Å². The predicted octanol–water partition coefficient (Wildman–Crippen LogP) is 7.94. The first-order valence-electron chi connectivity index (χ1n) is 10.9. The minimum atomic E-state index is -0.242. The Balaban J connectivity index is 1.82. The third-order valence-electron chi connectivity index (χ3n) is 6.31. The molecule has 31 heavy (non-hydrogen) atoms. The molecule has 0 bridgehead atoms. The van der Waals surface area contributed by atoms with Gasteiger partial charge in [0.2, 0.25) is 0 Å². The van der Waals surface area contributed by atoms with Crippen molar-refractivity contribution in [1.82, 2.24) is 0 Å². The molecule has 0 spiro atoms. The van der Waals surface area contributed by atoms with Crippen molar-refractivity contribution in [3.8, 4) is 0 Å². The summed E-state index contributed by atoms with van der Waals surface area (Å²) in [6.45, 7) is 6.41. The molecule has 0 amide bonds. The fourth-order valence-corrected chi connectivity index (χ4v) is 4.72. The van der Waals surface area contributed by atoms with Gasteiger partial charge >= 0.3 is 0 Å². The van der Waals surface area contributed by atoms with E-state index in [-0.39, 0.29) is 11.3 Å². The minimum absolute atomic E-state index is 0.112. The van der Waals surface area contributed by atoms with Crippen LogP contribution in [0.5, 0.6) is 0 Å². The maximum atomic E-state index is 9.20. The quantitative estimate of drug-likeness (QED) is 0.337. The van der Waals surface area contributed by atoms with Crippen molar-refractivity contribution in [2.24, 2.45) is 5.41 Å². The van der Waals surface area contributed by atoms with Crippen LogP contribution in [0.4, 0.5) is 0 Å². The molecule has 152 valence electrons. The van der Waals surface area contributed by atoms with E-state index in [2.05, 4.69) is 118 Å². The highest BCUT2D eigenvalue weighted by Gasteiger charge is 2.32. The van der Waals surface area contributed by atoms with Crippen LogP contribution in [0.1, 0.15) is 54.5 Å². The first kappa shape index (κ1) is 19.5. The Morgan fingerprint density at radius 3 is 2.16 bits per heavy atom. The molecular formula is C30H27N. The molecular weight excluding hydrogens is 374 g/mol. The zero-order valence-corrected chi connectivity index (χ0v) is 18.3. The molecule has 1 N–H and O–H groups in total. The van der Waals surface area contributed by atoms with Gasteiger partial charge in [-0.2, -0.15) is 0 Å². The molecule has 1 heteroatoms. The summed E-state index contributed by atoms with van der Waals surface area (Å²) in [6, 6.07) is 32.3. The molecule has 4 aromatic rings. The van der Waals surface area contributed by atoms with Gasteiger partial charge in [0.15, 0.2) is 0 Å². The number of fused-ring (bicyclic) bond motifs is 2. The average Bonchev–Trinajstić information content (AvgIpc) is 3.17. The number of benzene rings is 4. The van der Waals surface area contributed by atoms with E-state index >= 15 is 0 Å². The second-order valence-electron chi connectivity index (χ2n) is 9.40. The van der Waals surface area contributed by atoms with Gasteiger partial charge in [-0.3, -0.25) is 0 Å². The van der Waals surface area contributed by atoms with Crippen LogP contribution >= 0.6 is 0 Å². The molecule has 4 aromatic carbocycles. The summed E-state index contributed by atoms with van der Waals surface area (Å²) < 4.78 is 0. The summed E-state index contributed by atoms with van der Waals surface area (Å²) in [4.78, 5) is 0. The molecule has 1 nitrogen and oxygen atoms in total. The zero-order chi connectivity index (χ0) is 21.6. The number of rotatable bonds is 3. The van der Waals surface area contributed by atoms with Crippen LogP contribution in [0.15, 0.2) is 91.0 Å². The van der Waals surface area contributed by atoms with Crippen molar-refractivity contribution in [2.75, 3.05) is 0 Å². The Bertz CT molecular complexity index is 1320. The molecule has 0 heterocycles. The van der Waals surface area contributed by atoms with Crippen LogP contribution in [0.2, 0.25) is 0 Å². The van der Waals surface area contributed by atoms with Gasteiger partial charge in [0.05, 0.1) is 0 Å². The molecule has 0 saturated heterocycles. The monoisotopic (exact) mass is 401 g/mol. The summed E-state index contributed by atoms with van der Waals surface area (Å²) in [5, 5.41) is 11.6. The lowest BCUT2D eigenvalue weighted by Crippen LogP contribution is -2.23. The van der Waals surface area contributed by atoms with Crippen LogP contribution in [-0.4, -0.2) is 5.71 Å². The molecule has 1 aliphatic carbocycles. The first-order valence-corrected chi connectivity index (χ1v) is 10.9. The van der Waals surface area contributed by atoms with E-state index in [1.54, 1.807) is 0 Å². The van der Waals surface area contributed by atoms with E-state index in [0.29, 0.717) is 5.71 Å². The van der Waals surface area contributed by atoms with Crippen LogP contribution in [0.3, 0.4) is 0 Å². The topological polar surface area (TPSA) is 23.9 Å². The lowest BCUT2D eigenvalue weighted by atomic mass is 9.76. The highest BCUT2D eigenvalue weighted by molar-refractivity contribution is 6.14. The van der Waals surface area contributed by atoms with Crippen LogP contribution in [-0.2, 0) is 0 Å². The van der Waals surface area contributed by atoms with Crippen molar-refractivity contribution in [2.45, 2.75) is 26.7 Å². The smallest absolute Gasteiger partial charge is 0.0448 e. The molecule has 0 aliphatic heterocycles. The summed E-state index contributed by atoms with van der Waals surface area (Å²) in [5.74, 6) is 0.112. The normalized spacial score (nSPS) is 15.6. The Kier molecular flexibility index (Phi) is 4.63. The fourth-order valence-electron chi connectivity index (χ4n) is 4.72. The van der Waals surface area contributed by atoms with E-state index in [0.717, 1.165) is 10.9 Å². The fraction of sp³-hybridized carbons (Fsp3) is 0.167. The molecule has 0 fully saturated rings. The van der Waals surface area contributed by atoms with Gasteiger partial charge in [-0.1, -0.05) is 112 Å². The second-order valence-corrected chi connectivity index (χ2v) is 9.40. The summed E-state index contributed by atoms with van der Waals surface area (Å²) in [7, 11) is 0. The number of hydrogen-bond acceptors (Lipinski definition) is 1. The van der Waals surface area contributed by atoms with Gasteiger partial charge in [-0.15, -0.1) is 0 Å². The van der Waals surface area contributed by atoms with Gasteiger partial charge in [0.1, 0.15) is 0 Å². The summed E-state index contributed by atoms with van der Waals surface area (Å²) in [5.41, 5.74) is 7.88. The molecule has 0 aromatic heterocycles. The van der Waals surface area contributed by atoms with E-state index in [4.69, 9.17) is 0 Å². The standard InChI is InChI=1S/C30H27N/c1-30(2,3)29(31)28-23-15-9-7-13-21(23)17-18-25(28)27-24-16-10-8-14-22(24)19-26(27)20-11-5-4-6-12-20/h4-19,27,31H,1-3H3. The molecule has 5 rings (SSSR count). The van der Waals surface area contributed by atoms with Crippen molar-refractivity contribution in [3.63, 3.8) is 0 Å². The predicted molar refractivity (Wildman–Crippen MR) is 133 cm³/mol. The maximum absolute atomic E-state index is 9.20. The Morgan fingerprint density at radius 1 is 0.710 bits per heavy atom.